The highest BCUT2D eigenvalue weighted by Gasteiger charge is 2.59. The first-order valence-corrected chi connectivity index (χ1v) is 11.3. The number of fused-ring (bicyclic) bond motifs is 1. The Labute approximate surface area is 202 Å². The number of guanidine groups is 1. The number of aliphatic hydroxyl groups is 1. The smallest absolute Gasteiger partial charge is 0.191 e. The number of nitrogens with one attached hydrogen (secondary N) is 2. The standard InChI is InChI=1S/C23H35FN4O2.HI/c1-4-25-22(27-20-17-9-12-30-21(17)23(20,2)3)26-14-15-5-6-19(18(24)13-15)28-10-7-16(29)8-11-28;/h5-6,13,16-17,20-21,29H,4,7-12,14H2,1-3H3,(H2,25,26,27);1H. The number of aliphatic imine (C=N–C) groups is 1. The van der Waals surface area contributed by atoms with Gasteiger partial charge in [-0.3, -0.25) is 0 Å². The number of anilines is 1. The maximum Gasteiger partial charge on any atom is 0.191 e. The second-order valence-corrected chi connectivity index (χ2v) is 9.39. The highest BCUT2D eigenvalue weighted by Crippen LogP contribution is 2.52. The maximum absolute atomic E-state index is 14.7. The van der Waals surface area contributed by atoms with Crippen molar-refractivity contribution >= 4 is 35.6 Å². The molecule has 174 valence electrons. The second-order valence-electron chi connectivity index (χ2n) is 9.39. The first-order chi connectivity index (χ1) is 14.4. The van der Waals surface area contributed by atoms with Gasteiger partial charge in [0.15, 0.2) is 5.96 Å². The monoisotopic (exact) mass is 546 g/mol. The Morgan fingerprint density at radius 3 is 2.71 bits per heavy atom. The molecule has 0 spiro atoms. The van der Waals surface area contributed by atoms with E-state index in [2.05, 4.69) is 31.4 Å². The molecular formula is C23H36FIN4O2. The molecule has 2 heterocycles. The van der Waals surface area contributed by atoms with E-state index in [4.69, 9.17) is 9.73 Å². The van der Waals surface area contributed by atoms with Crippen LogP contribution in [0.1, 0.15) is 45.6 Å². The number of piperidine rings is 1. The Morgan fingerprint density at radius 2 is 2.03 bits per heavy atom. The van der Waals surface area contributed by atoms with Crippen LogP contribution >= 0.6 is 24.0 Å². The minimum absolute atomic E-state index is 0. The summed E-state index contributed by atoms with van der Waals surface area (Å²) >= 11 is 0. The maximum atomic E-state index is 14.7. The van der Waals surface area contributed by atoms with Crippen LogP contribution in [0.5, 0.6) is 0 Å². The fourth-order valence-corrected chi connectivity index (χ4v) is 5.27. The quantitative estimate of drug-likeness (QED) is 0.301. The van der Waals surface area contributed by atoms with Crippen molar-refractivity contribution in [2.45, 2.75) is 64.8 Å². The average molecular weight is 546 g/mol. The van der Waals surface area contributed by atoms with Crippen molar-refractivity contribution in [2.75, 3.05) is 31.1 Å². The lowest BCUT2D eigenvalue weighted by Gasteiger charge is -2.54. The number of rotatable bonds is 5. The number of nitrogens with zero attached hydrogens (tertiary/aromatic N) is 2. The average Bonchev–Trinajstić information content (AvgIpc) is 3.18. The molecular weight excluding hydrogens is 510 g/mol. The summed E-state index contributed by atoms with van der Waals surface area (Å²) in [5.74, 6) is 1.09. The van der Waals surface area contributed by atoms with Crippen molar-refractivity contribution in [1.82, 2.24) is 10.6 Å². The lowest BCUT2D eigenvalue weighted by Crippen LogP contribution is -2.67. The topological polar surface area (TPSA) is 69.1 Å². The zero-order valence-corrected chi connectivity index (χ0v) is 21.1. The van der Waals surface area contributed by atoms with Gasteiger partial charge in [0, 0.05) is 43.6 Å². The van der Waals surface area contributed by atoms with E-state index in [1.54, 1.807) is 6.07 Å². The summed E-state index contributed by atoms with van der Waals surface area (Å²) in [6.07, 6.45) is 2.53. The molecule has 3 fully saturated rings. The summed E-state index contributed by atoms with van der Waals surface area (Å²) < 4.78 is 20.6. The molecule has 31 heavy (non-hydrogen) atoms. The lowest BCUT2D eigenvalue weighted by molar-refractivity contribution is -0.106. The third-order valence-corrected chi connectivity index (χ3v) is 6.97. The van der Waals surface area contributed by atoms with Crippen molar-refractivity contribution in [1.29, 1.82) is 0 Å². The number of benzene rings is 1. The summed E-state index contributed by atoms with van der Waals surface area (Å²) in [6, 6.07) is 5.70. The Bertz CT molecular complexity index is 783. The Hall–Kier alpha value is -1.13. The van der Waals surface area contributed by atoms with E-state index in [1.165, 1.54) is 0 Å². The molecule has 0 aromatic heterocycles. The molecule has 6 nitrogen and oxygen atoms in total. The van der Waals surface area contributed by atoms with Crippen molar-refractivity contribution in [3.63, 3.8) is 0 Å². The van der Waals surface area contributed by atoms with Gasteiger partial charge in [-0.15, -0.1) is 24.0 Å². The predicted octanol–water partition coefficient (Wildman–Crippen LogP) is 3.27. The highest BCUT2D eigenvalue weighted by atomic mass is 127. The number of halogens is 2. The fraction of sp³-hybridized carbons (Fsp3) is 0.696. The first kappa shape index (κ1) is 24.5. The van der Waals surface area contributed by atoms with Crippen LogP contribution < -0.4 is 15.5 Å². The van der Waals surface area contributed by atoms with Crippen molar-refractivity contribution in [3.05, 3.63) is 29.6 Å². The van der Waals surface area contributed by atoms with Crippen molar-refractivity contribution in [2.24, 2.45) is 16.3 Å². The fourth-order valence-electron chi connectivity index (χ4n) is 5.27. The van der Waals surface area contributed by atoms with Gasteiger partial charge in [-0.2, -0.15) is 0 Å². The van der Waals surface area contributed by atoms with Gasteiger partial charge >= 0.3 is 0 Å². The summed E-state index contributed by atoms with van der Waals surface area (Å²) in [5.41, 5.74) is 1.54. The van der Waals surface area contributed by atoms with Gasteiger partial charge in [0.05, 0.1) is 24.4 Å². The molecule has 2 aliphatic heterocycles. The molecule has 0 radical (unpaired) electrons. The SMILES string of the molecule is CCNC(=NCc1ccc(N2CCC(O)CC2)c(F)c1)NC1C2CCOC2C1(C)C.I. The van der Waals surface area contributed by atoms with E-state index in [-0.39, 0.29) is 41.3 Å². The first-order valence-electron chi connectivity index (χ1n) is 11.3. The van der Waals surface area contributed by atoms with Gasteiger partial charge < -0.3 is 25.4 Å². The van der Waals surface area contributed by atoms with Gasteiger partial charge in [-0.25, -0.2) is 9.38 Å². The number of hydrogen-bond donors (Lipinski definition) is 3. The molecule has 3 atom stereocenters. The van der Waals surface area contributed by atoms with Crippen LogP contribution in [-0.2, 0) is 11.3 Å². The van der Waals surface area contributed by atoms with Gasteiger partial charge in [-0.05, 0) is 43.9 Å². The predicted molar refractivity (Wildman–Crippen MR) is 133 cm³/mol. The van der Waals surface area contributed by atoms with E-state index in [0.717, 1.165) is 31.1 Å². The minimum Gasteiger partial charge on any atom is -0.393 e. The van der Waals surface area contributed by atoms with E-state index in [1.807, 2.05) is 17.0 Å². The molecule has 1 aliphatic carbocycles. The second kappa shape index (κ2) is 10.2. The molecule has 1 saturated carbocycles. The van der Waals surface area contributed by atoms with E-state index in [0.29, 0.717) is 56.2 Å². The van der Waals surface area contributed by atoms with Crippen LogP contribution in [0.25, 0.3) is 0 Å². The molecule has 8 heteroatoms. The molecule has 1 aromatic carbocycles. The largest absolute Gasteiger partial charge is 0.393 e. The van der Waals surface area contributed by atoms with Gasteiger partial charge in [-0.1, -0.05) is 19.9 Å². The van der Waals surface area contributed by atoms with E-state index in [9.17, 15) is 9.50 Å². The zero-order valence-electron chi connectivity index (χ0n) is 18.7. The van der Waals surface area contributed by atoms with Crippen molar-refractivity contribution in [3.8, 4) is 0 Å². The van der Waals surface area contributed by atoms with Crippen LogP contribution in [0.4, 0.5) is 10.1 Å². The molecule has 1 aromatic rings. The van der Waals surface area contributed by atoms with E-state index >= 15 is 0 Å². The van der Waals surface area contributed by atoms with Gasteiger partial charge in [0.2, 0.25) is 0 Å². The third-order valence-electron chi connectivity index (χ3n) is 6.97. The molecule has 0 amide bonds. The molecule has 2 saturated heterocycles. The minimum atomic E-state index is -0.262. The van der Waals surface area contributed by atoms with Crippen LogP contribution in [-0.4, -0.2) is 55.6 Å². The van der Waals surface area contributed by atoms with Crippen LogP contribution in [0.2, 0.25) is 0 Å². The summed E-state index contributed by atoms with van der Waals surface area (Å²) in [6.45, 7) is 9.95. The highest BCUT2D eigenvalue weighted by molar-refractivity contribution is 14.0. The van der Waals surface area contributed by atoms with Crippen LogP contribution in [0.3, 0.4) is 0 Å². The number of ether oxygens (including phenoxy) is 1. The molecule has 4 rings (SSSR count). The molecule has 3 unspecified atom stereocenters. The molecule has 3 aliphatic rings. The normalized spacial score (nSPS) is 27.8. The summed E-state index contributed by atoms with van der Waals surface area (Å²) in [4.78, 5) is 6.73. The number of hydrogen-bond acceptors (Lipinski definition) is 4. The Morgan fingerprint density at radius 1 is 1.29 bits per heavy atom. The van der Waals surface area contributed by atoms with Crippen LogP contribution in [0, 0.1) is 17.2 Å². The third kappa shape index (κ3) is 5.11. The summed E-state index contributed by atoms with van der Waals surface area (Å²) in [7, 11) is 0. The van der Waals surface area contributed by atoms with Crippen LogP contribution in [0.15, 0.2) is 23.2 Å². The van der Waals surface area contributed by atoms with E-state index < -0.39 is 0 Å². The van der Waals surface area contributed by atoms with Crippen molar-refractivity contribution < 1.29 is 14.2 Å². The zero-order chi connectivity index (χ0) is 21.3. The molecule has 3 N–H and O–H groups in total. The number of aliphatic hydroxyl groups excluding tert-OH is 1. The Balaban J connectivity index is 0.00000272. The van der Waals surface area contributed by atoms with Gasteiger partial charge in [0.1, 0.15) is 5.82 Å². The summed E-state index contributed by atoms with van der Waals surface area (Å²) in [5, 5.41) is 16.6. The Kier molecular flexibility index (Phi) is 8.07. The lowest BCUT2D eigenvalue weighted by atomic mass is 9.57. The van der Waals surface area contributed by atoms with Gasteiger partial charge in [0.25, 0.3) is 0 Å². The molecule has 0 bridgehead atoms.